The number of hydrogen-bond acceptors (Lipinski definition) is 2. The van der Waals surface area contributed by atoms with Crippen LogP contribution in [0.2, 0.25) is 0 Å². The molecule has 0 fully saturated rings. The predicted molar refractivity (Wildman–Crippen MR) is 121 cm³/mol. The molecule has 1 aromatic heterocycles. The number of aryl methyl sites for hydroxylation is 2. The summed E-state index contributed by atoms with van der Waals surface area (Å²) in [6.07, 6.45) is 3.98. The molecule has 3 N–H and O–H groups in total. The number of rotatable bonds is 8. The van der Waals surface area contributed by atoms with Crippen LogP contribution in [0.1, 0.15) is 44.0 Å². The summed E-state index contributed by atoms with van der Waals surface area (Å²) in [5.41, 5.74) is 3.77. The van der Waals surface area contributed by atoms with Gasteiger partial charge in [-0.15, -0.1) is 24.0 Å². The lowest BCUT2D eigenvalue weighted by Gasteiger charge is -2.24. The normalized spacial score (nSPS) is 11.8. The highest BCUT2D eigenvalue weighted by molar-refractivity contribution is 14.0. The van der Waals surface area contributed by atoms with E-state index in [0.29, 0.717) is 0 Å². The summed E-state index contributed by atoms with van der Waals surface area (Å²) in [5, 5.41) is 13.8. The first kappa shape index (κ1) is 22.5. The van der Waals surface area contributed by atoms with Gasteiger partial charge in [-0.2, -0.15) is 5.10 Å². The quantitative estimate of drug-likeness (QED) is 0.239. The maximum absolute atomic E-state index is 4.79. The van der Waals surface area contributed by atoms with Crippen LogP contribution in [0, 0.1) is 6.92 Å². The smallest absolute Gasteiger partial charge is 0.191 e. The number of nitrogens with one attached hydrogen (secondary N) is 3. The fourth-order valence-electron chi connectivity index (χ4n) is 2.71. The second-order valence-corrected chi connectivity index (χ2v) is 7.00. The number of nitrogens with zero attached hydrogens (tertiary/aromatic N) is 2. The van der Waals surface area contributed by atoms with Crippen molar-refractivity contribution < 1.29 is 0 Å². The van der Waals surface area contributed by atoms with Crippen LogP contribution in [0.3, 0.4) is 0 Å². The summed E-state index contributed by atoms with van der Waals surface area (Å²) < 4.78 is 0. The summed E-state index contributed by atoms with van der Waals surface area (Å²) in [7, 11) is 0. The lowest BCUT2D eigenvalue weighted by atomic mass is 9.85. The Bertz CT molecular complexity index is 664. The Morgan fingerprint density at radius 2 is 1.92 bits per heavy atom. The van der Waals surface area contributed by atoms with Crippen molar-refractivity contribution >= 4 is 29.9 Å². The highest BCUT2D eigenvalue weighted by Crippen LogP contribution is 2.22. The van der Waals surface area contributed by atoms with E-state index >= 15 is 0 Å². The number of guanidine groups is 1. The van der Waals surface area contributed by atoms with E-state index in [1.165, 1.54) is 11.1 Å². The Labute approximate surface area is 174 Å². The number of halogens is 1. The maximum atomic E-state index is 4.79. The van der Waals surface area contributed by atoms with Gasteiger partial charge in [0, 0.05) is 24.2 Å². The molecule has 2 rings (SSSR count). The van der Waals surface area contributed by atoms with Crippen LogP contribution in [-0.2, 0) is 11.8 Å². The molecule has 0 spiro atoms. The van der Waals surface area contributed by atoms with E-state index in [2.05, 4.69) is 78.9 Å². The zero-order valence-corrected chi connectivity index (χ0v) is 18.6. The molecule has 0 aliphatic heterocycles. The lowest BCUT2D eigenvalue weighted by molar-refractivity contribution is 0.537. The Hall–Kier alpha value is -1.57. The molecule has 5 nitrogen and oxygen atoms in total. The van der Waals surface area contributed by atoms with Gasteiger partial charge in [0.1, 0.15) is 0 Å². The minimum Gasteiger partial charge on any atom is -0.357 e. The first-order valence-corrected chi connectivity index (χ1v) is 9.09. The molecule has 0 amide bonds. The highest BCUT2D eigenvalue weighted by atomic mass is 127. The standard InChI is InChI=1S/C20H31N5.HI/c1-5-21-19(22-13-9-10-17-14-24-25-16(17)2)23-15-20(3,4)18-11-7-6-8-12-18;/h6-8,11-12,14H,5,9-10,13,15H2,1-4H3,(H,24,25)(H2,21,22,23);1H. The zero-order valence-electron chi connectivity index (χ0n) is 16.3. The van der Waals surface area contributed by atoms with Gasteiger partial charge in [0.15, 0.2) is 5.96 Å². The average molecular weight is 469 g/mol. The van der Waals surface area contributed by atoms with Gasteiger partial charge in [-0.25, -0.2) is 0 Å². The SMILES string of the molecule is CCNC(=NCC(C)(C)c1ccccc1)NCCCc1cn[nH]c1C.I. The molecule has 2 aromatic rings. The fraction of sp³-hybridized carbons (Fsp3) is 0.500. The summed E-state index contributed by atoms with van der Waals surface area (Å²) in [5.74, 6) is 0.885. The van der Waals surface area contributed by atoms with Crippen LogP contribution in [0.15, 0.2) is 41.5 Å². The van der Waals surface area contributed by atoms with Crippen molar-refractivity contribution in [2.24, 2.45) is 4.99 Å². The third-order valence-electron chi connectivity index (χ3n) is 4.38. The van der Waals surface area contributed by atoms with Gasteiger partial charge in [0.25, 0.3) is 0 Å². The Morgan fingerprint density at radius 3 is 2.54 bits per heavy atom. The van der Waals surface area contributed by atoms with E-state index in [0.717, 1.165) is 44.1 Å². The van der Waals surface area contributed by atoms with Crippen LogP contribution in [0.25, 0.3) is 0 Å². The van der Waals surface area contributed by atoms with E-state index in [1.54, 1.807) is 0 Å². The van der Waals surface area contributed by atoms with E-state index in [9.17, 15) is 0 Å². The molecule has 0 aliphatic carbocycles. The summed E-state index contributed by atoms with van der Waals surface area (Å²) in [6.45, 7) is 11.1. The molecule has 1 aromatic carbocycles. The first-order chi connectivity index (χ1) is 12.0. The zero-order chi connectivity index (χ0) is 18.1. The van der Waals surface area contributed by atoms with Crippen LogP contribution in [0.5, 0.6) is 0 Å². The minimum atomic E-state index is 0. The van der Waals surface area contributed by atoms with E-state index in [4.69, 9.17) is 4.99 Å². The van der Waals surface area contributed by atoms with Crippen molar-refractivity contribution in [3.8, 4) is 0 Å². The van der Waals surface area contributed by atoms with E-state index < -0.39 is 0 Å². The van der Waals surface area contributed by atoms with Crippen molar-refractivity contribution in [1.29, 1.82) is 0 Å². The molecular formula is C20H32IN5. The van der Waals surface area contributed by atoms with Crippen molar-refractivity contribution in [3.63, 3.8) is 0 Å². The molecule has 0 unspecified atom stereocenters. The average Bonchev–Trinajstić information content (AvgIpc) is 3.02. The Balaban J connectivity index is 0.00000338. The van der Waals surface area contributed by atoms with Gasteiger partial charge in [-0.1, -0.05) is 44.2 Å². The van der Waals surface area contributed by atoms with Gasteiger partial charge >= 0.3 is 0 Å². The fourth-order valence-corrected chi connectivity index (χ4v) is 2.71. The molecule has 0 saturated carbocycles. The largest absolute Gasteiger partial charge is 0.357 e. The molecule has 26 heavy (non-hydrogen) atoms. The maximum Gasteiger partial charge on any atom is 0.191 e. The molecule has 144 valence electrons. The third-order valence-corrected chi connectivity index (χ3v) is 4.38. The summed E-state index contributed by atoms with van der Waals surface area (Å²) >= 11 is 0. The van der Waals surface area contributed by atoms with Gasteiger partial charge in [-0.05, 0) is 37.8 Å². The third kappa shape index (κ3) is 6.97. The molecule has 6 heteroatoms. The van der Waals surface area contributed by atoms with E-state index in [1.807, 2.05) is 6.20 Å². The number of hydrogen-bond donors (Lipinski definition) is 3. The summed E-state index contributed by atoms with van der Waals surface area (Å²) in [4.78, 5) is 4.79. The molecule has 1 heterocycles. The first-order valence-electron chi connectivity index (χ1n) is 9.09. The number of H-pyrrole nitrogens is 1. The minimum absolute atomic E-state index is 0. The van der Waals surface area contributed by atoms with Crippen LogP contribution >= 0.6 is 24.0 Å². The van der Waals surface area contributed by atoms with Gasteiger partial charge in [-0.3, -0.25) is 10.1 Å². The topological polar surface area (TPSA) is 65.1 Å². The molecule has 0 aliphatic rings. The number of aromatic amines is 1. The van der Waals surface area contributed by atoms with Crippen molar-refractivity contribution in [3.05, 3.63) is 53.3 Å². The van der Waals surface area contributed by atoms with Crippen LogP contribution < -0.4 is 10.6 Å². The number of benzene rings is 1. The second kappa shape index (κ2) is 11.2. The molecule has 0 bridgehead atoms. The molecule has 0 saturated heterocycles. The Kier molecular flexibility index (Phi) is 9.69. The predicted octanol–water partition coefficient (Wildman–Crippen LogP) is 3.80. The summed E-state index contributed by atoms with van der Waals surface area (Å²) in [6, 6.07) is 10.6. The van der Waals surface area contributed by atoms with Crippen LogP contribution in [-0.4, -0.2) is 35.8 Å². The van der Waals surface area contributed by atoms with Crippen molar-refractivity contribution in [1.82, 2.24) is 20.8 Å². The van der Waals surface area contributed by atoms with Gasteiger partial charge in [0.05, 0.1) is 12.7 Å². The van der Waals surface area contributed by atoms with Gasteiger partial charge < -0.3 is 10.6 Å². The molecule has 0 radical (unpaired) electrons. The van der Waals surface area contributed by atoms with Crippen molar-refractivity contribution in [2.75, 3.05) is 19.6 Å². The highest BCUT2D eigenvalue weighted by Gasteiger charge is 2.19. The lowest BCUT2D eigenvalue weighted by Crippen LogP contribution is -2.39. The monoisotopic (exact) mass is 469 g/mol. The molecule has 0 atom stereocenters. The number of aromatic nitrogens is 2. The number of aliphatic imine (C=N–C) groups is 1. The van der Waals surface area contributed by atoms with Crippen LogP contribution in [0.4, 0.5) is 0 Å². The molecular weight excluding hydrogens is 437 g/mol. The second-order valence-electron chi connectivity index (χ2n) is 7.00. The van der Waals surface area contributed by atoms with Crippen molar-refractivity contribution in [2.45, 2.75) is 46.0 Å². The van der Waals surface area contributed by atoms with Gasteiger partial charge in [0.2, 0.25) is 0 Å². The van der Waals surface area contributed by atoms with E-state index in [-0.39, 0.29) is 29.4 Å². The Morgan fingerprint density at radius 1 is 1.19 bits per heavy atom.